The lowest BCUT2D eigenvalue weighted by molar-refractivity contribution is 0.279. The molecule has 0 unspecified atom stereocenters. The first-order chi connectivity index (χ1) is 15.3. The van der Waals surface area contributed by atoms with Crippen molar-refractivity contribution in [3.63, 3.8) is 0 Å². The predicted octanol–water partition coefficient (Wildman–Crippen LogP) is 6.62. The standard InChI is InChI=1S/C18H23N.C11H15N/c1-3-5-9-16(4-2)14-19(18-12-13-18)15-17-10-7-6-8-11-17;1-2-6-11(7-3-1)10-12-8-4-5-9-12/h3-11,18H,2,12-15H2,1H3;1-3,6-7H,4-5,8-10H2/b5-3-,16-9+;. The molecule has 1 heterocycles. The number of hydrogen-bond donors (Lipinski definition) is 0. The molecule has 2 fully saturated rings. The predicted molar refractivity (Wildman–Crippen MR) is 134 cm³/mol. The van der Waals surface area contributed by atoms with Crippen molar-refractivity contribution in [2.75, 3.05) is 19.6 Å². The van der Waals surface area contributed by atoms with E-state index in [4.69, 9.17) is 0 Å². The smallest absolute Gasteiger partial charge is 0.0240 e. The minimum atomic E-state index is 0.758. The van der Waals surface area contributed by atoms with Crippen LogP contribution in [0.3, 0.4) is 0 Å². The maximum atomic E-state index is 3.92. The number of benzene rings is 2. The van der Waals surface area contributed by atoms with Crippen LogP contribution in [-0.2, 0) is 13.1 Å². The Hall–Kier alpha value is -2.42. The zero-order valence-corrected chi connectivity index (χ0v) is 19.1. The van der Waals surface area contributed by atoms with Crippen LogP contribution in [0.4, 0.5) is 0 Å². The molecule has 0 N–H and O–H groups in total. The Morgan fingerprint density at radius 3 is 2.13 bits per heavy atom. The zero-order valence-electron chi connectivity index (χ0n) is 19.1. The number of nitrogens with zero attached hydrogens (tertiary/aromatic N) is 2. The molecular weight excluding hydrogens is 376 g/mol. The summed E-state index contributed by atoms with van der Waals surface area (Å²) in [6.45, 7) is 11.7. The molecule has 31 heavy (non-hydrogen) atoms. The van der Waals surface area contributed by atoms with E-state index in [1.165, 1.54) is 55.5 Å². The van der Waals surface area contributed by atoms with E-state index in [2.05, 4.69) is 95.3 Å². The van der Waals surface area contributed by atoms with Crippen LogP contribution in [0.25, 0.3) is 0 Å². The fourth-order valence-electron chi connectivity index (χ4n) is 3.99. The Morgan fingerprint density at radius 2 is 1.58 bits per heavy atom. The number of hydrogen-bond acceptors (Lipinski definition) is 2. The molecule has 1 aliphatic heterocycles. The van der Waals surface area contributed by atoms with E-state index in [0.717, 1.165) is 25.7 Å². The third kappa shape index (κ3) is 8.69. The Balaban J connectivity index is 0.000000194. The second-order valence-electron chi connectivity index (χ2n) is 8.56. The van der Waals surface area contributed by atoms with Gasteiger partial charge in [0.15, 0.2) is 0 Å². The molecule has 164 valence electrons. The van der Waals surface area contributed by atoms with E-state index in [9.17, 15) is 0 Å². The zero-order chi connectivity index (χ0) is 21.7. The number of likely N-dealkylation sites (tertiary alicyclic amines) is 1. The summed E-state index contributed by atoms with van der Waals surface area (Å²) in [7, 11) is 0. The van der Waals surface area contributed by atoms with Gasteiger partial charge in [0, 0.05) is 25.7 Å². The summed E-state index contributed by atoms with van der Waals surface area (Å²) in [5.41, 5.74) is 4.13. The molecule has 0 aromatic heterocycles. The van der Waals surface area contributed by atoms with Gasteiger partial charge in [0.1, 0.15) is 0 Å². The third-order valence-corrected chi connectivity index (χ3v) is 5.89. The molecule has 0 radical (unpaired) electrons. The monoisotopic (exact) mass is 414 g/mol. The van der Waals surface area contributed by atoms with E-state index in [0.29, 0.717) is 0 Å². The molecular formula is C29H38N2. The minimum absolute atomic E-state index is 0.758. The topological polar surface area (TPSA) is 6.48 Å². The van der Waals surface area contributed by atoms with Crippen LogP contribution in [0.5, 0.6) is 0 Å². The Kier molecular flexibility index (Phi) is 9.82. The van der Waals surface area contributed by atoms with Crippen LogP contribution in [0, 0.1) is 0 Å². The summed E-state index contributed by atoms with van der Waals surface area (Å²) < 4.78 is 0. The van der Waals surface area contributed by atoms with Gasteiger partial charge >= 0.3 is 0 Å². The summed E-state index contributed by atoms with van der Waals surface area (Å²) in [5.74, 6) is 0. The van der Waals surface area contributed by atoms with Crippen LogP contribution >= 0.6 is 0 Å². The van der Waals surface area contributed by atoms with Crippen molar-refractivity contribution in [1.29, 1.82) is 0 Å². The Bertz CT molecular complexity index is 812. The Morgan fingerprint density at radius 1 is 0.968 bits per heavy atom. The summed E-state index contributed by atoms with van der Waals surface area (Å²) in [4.78, 5) is 5.08. The molecule has 1 saturated heterocycles. The van der Waals surface area contributed by atoms with E-state index in [-0.39, 0.29) is 0 Å². The SMILES string of the molecule is C=C/C(=C\C=C/C)CN(Cc1ccccc1)C1CC1.c1ccc(CN2CCCC2)cc1. The molecule has 1 aliphatic carbocycles. The quantitative estimate of drug-likeness (QED) is 0.425. The first kappa shape index (κ1) is 23.2. The van der Waals surface area contributed by atoms with Gasteiger partial charge in [-0.25, -0.2) is 0 Å². The van der Waals surface area contributed by atoms with Gasteiger partial charge in [0.05, 0.1) is 0 Å². The molecule has 2 aliphatic rings. The van der Waals surface area contributed by atoms with Crippen LogP contribution in [0.1, 0.15) is 43.7 Å². The van der Waals surface area contributed by atoms with Crippen molar-refractivity contribution in [2.45, 2.75) is 51.7 Å². The van der Waals surface area contributed by atoms with Gasteiger partial charge < -0.3 is 0 Å². The van der Waals surface area contributed by atoms with E-state index >= 15 is 0 Å². The molecule has 2 aromatic rings. The normalized spacial score (nSPS) is 17.0. The minimum Gasteiger partial charge on any atom is -0.299 e. The van der Waals surface area contributed by atoms with E-state index in [1.54, 1.807) is 0 Å². The fraction of sp³-hybridized carbons (Fsp3) is 0.379. The molecule has 4 rings (SSSR count). The maximum absolute atomic E-state index is 3.92. The van der Waals surface area contributed by atoms with Crippen LogP contribution < -0.4 is 0 Å². The van der Waals surface area contributed by atoms with Crippen molar-refractivity contribution in [3.05, 3.63) is 108 Å². The number of rotatable bonds is 9. The molecule has 0 atom stereocenters. The summed E-state index contributed by atoms with van der Waals surface area (Å²) in [6, 6.07) is 22.2. The van der Waals surface area contributed by atoms with E-state index in [1.807, 2.05) is 13.0 Å². The highest BCUT2D eigenvalue weighted by Crippen LogP contribution is 2.29. The molecule has 0 amide bonds. The molecule has 2 nitrogen and oxygen atoms in total. The largest absolute Gasteiger partial charge is 0.299 e. The van der Waals surface area contributed by atoms with Crippen LogP contribution in [0.15, 0.2) is 97.1 Å². The van der Waals surface area contributed by atoms with Gasteiger partial charge in [0.2, 0.25) is 0 Å². The molecule has 2 aromatic carbocycles. The second kappa shape index (κ2) is 13.1. The highest BCUT2D eigenvalue weighted by molar-refractivity contribution is 5.24. The van der Waals surface area contributed by atoms with Crippen molar-refractivity contribution < 1.29 is 0 Å². The van der Waals surface area contributed by atoms with Gasteiger partial charge in [0.25, 0.3) is 0 Å². The third-order valence-electron chi connectivity index (χ3n) is 5.89. The summed E-state index contributed by atoms with van der Waals surface area (Å²) in [6.07, 6.45) is 13.7. The highest BCUT2D eigenvalue weighted by atomic mass is 15.2. The maximum Gasteiger partial charge on any atom is 0.0240 e. The van der Waals surface area contributed by atoms with Crippen molar-refractivity contribution in [1.82, 2.24) is 9.80 Å². The van der Waals surface area contributed by atoms with Gasteiger partial charge in [-0.3, -0.25) is 9.80 Å². The lowest BCUT2D eigenvalue weighted by Crippen LogP contribution is -2.27. The van der Waals surface area contributed by atoms with Crippen molar-refractivity contribution in [3.8, 4) is 0 Å². The van der Waals surface area contributed by atoms with Gasteiger partial charge in [-0.05, 0) is 62.4 Å². The molecule has 0 bridgehead atoms. The molecule has 1 saturated carbocycles. The van der Waals surface area contributed by atoms with Crippen molar-refractivity contribution >= 4 is 0 Å². The first-order valence-electron chi connectivity index (χ1n) is 11.8. The first-order valence-corrected chi connectivity index (χ1v) is 11.8. The average molecular weight is 415 g/mol. The van der Waals surface area contributed by atoms with Gasteiger partial charge in [-0.1, -0.05) is 91.5 Å². The lowest BCUT2D eigenvalue weighted by atomic mass is 10.1. The van der Waals surface area contributed by atoms with Gasteiger partial charge in [-0.2, -0.15) is 0 Å². The van der Waals surface area contributed by atoms with Crippen LogP contribution in [-0.4, -0.2) is 35.5 Å². The second-order valence-corrected chi connectivity index (χ2v) is 8.56. The fourth-order valence-corrected chi connectivity index (χ4v) is 3.99. The van der Waals surface area contributed by atoms with Gasteiger partial charge in [-0.15, -0.1) is 0 Å². The summed E-state index contributed by atoms with van der Waals surface area (Å²) >= 11 is 0. The van der Waals surface area contributed by atoms with Crippen molar-refractivity contribution in [2.24, 2.45) is 0 Å². The Labute approximate surface area is 189 Å². The molecule has 0 spiro atoms. The number of allylic oxidation sites excluding steroid dienone is 3. The lowest BCUT2D eigenvalue weighted by Gasteiger charge is -2.22. The molecule has 2 heteroatoms. The van der Waals surface area contributed by atoms with Crippen LogP contribution in [0.2, 0.25) is 0 Å². The highest BCUT2D eigenvalue weighted by Gasteiger charge is 2.28. The average Bonchev–Trinajstić information content (AvgIpc) is 3.54. The van der Waals surface area contributed by atoms with E-state index < -0.39 is 0 Å². The summed E-state index contributed by atoms with van der Waals surface area (Å²) in [5, 5.41) is 0.